The molecule has 2 amide bonds. The molecule has 1 aromatic carbocycles. The number of carbonyl (C=O) groups is 1. The molecule has 2 aliphatic rings. The van der Waals surface area contributed by atoms with Crippen molar-refractivity contribution >= 4 is 11.7 Å². The van der Waals surface area contributed by atoms with Gasteiger partial charge in [0.05, 0.1) is 11.1 Å². The van der Waals surface area contributed by atoms with E-state index >= 15 is 0 Å². The third-order valence-electron chi connectivity index (χ3n) is 4.62. The zero-order valence-corrected chi connectivity index (χ0v) is 13.0. The van der Waals surface area contributed by atoms with Gasteiger partial charge in [0.2, 0.25) is 0 Å². The van der Waals surface area contributed by atoms with E-state index < -0.39 is 0 Å². The number of hydrogen-bond acceptors (Lipinski definition) is 4. The predicted molar refractivity (Wildman–Crippen MR) is 85.7 cm³/mol. The number of amides is 2. The van der Waals surface area contributed by atoms with Crippen LogP contribution in [-0.4, -0.2) is 48.1 Å². The molecule has 0 spiro atoms. The Balaban J connectivity index is 1.61. The third-order valence-corrected chi connectivity index (χ3v) is 4.62. The molecule has 3 rings (SSSR count). The Morgan fingerprint density at radius 2 is 1.87 bits per heavy atom. The maximum atomic E-state index is 12.4. The monoisotopic (exact) mass is 309 g/mol. The smallest absolute Gasteiger partial charge is 0.321 e. The minimum absolute atomic E-state index is 0.139. The van der Waals surface area contributed by atoms with Gasteiger partial charge in [-0.2, -0.15) is 10.5 Å². The molecular weight excluding hydrogens is 290 g/mol. The molecule has 2 fully saturated rings. The summed E-state index contributed by atoms with van der Waals surface area (Å²) in [5.74, 6) is 0. The van der Waals surface area contributed by atoms with Crippen LogP contribution in [0.15, 0.2) is 18.2 Å². The topological polar surface area (TPSA) is 83.2 Å². The summed E-state index contributed by atoms with van der Waals surface area (Å²) in [7, 11) is 0. The molecule has 23 heavy (non-hydrogen) atoms. The fraction of sp³-hybridized carbons (Fsp3) is 0.471. The van der Waals surface area contributed by atoms with Gasteiger partial charge in [-0.3, -0.25) is 4.90 Å². The van der Waals surface area contributed by atoms with Gasteiger partial charge >= 0.3 is 6.03 Å². The van der Waals surface area contributed by atoms with Crippen LogP contribution < -0.4 is 5.32 Å². The number of urea groups is 1. The predicted octanol–water partition coefficient (Wildman–Crippen LogP) is 2.13. The van der Waals surface area contributed by atoms with Crippen LogP contribution in [-0.2, 0) is 0 Å². The highest BCUT2D eigenvalue weighted by Crippen LogP contribution is 2.21. The Kier molecular flexibility index (Phi) is 4.45. The fourth-order valence-electron chi connectivity index (χ4n) is 3.35. The lowest BCUT2D eigenvalue weighted by molar-refractivity contribution is 0.210. The molecule has 2 heterocycles. The second-order valence-corrected chi connectivity index (χ2v) is 6.05. The molecule has 2 saturated heterocycles. The Bertz CT molecular complexity index is 681. The maximum Gasteiger partial charge on any atom is 0.321 e. The summed E-state index contributed by atoms with van der Waals surface area (Å²) in [4.78, 5) is 16.7. The summed E-state index contributed by atoms with van der Waals surface area (Å²) in [6.45, 7) is 3.80. The molecule has 118 valence electrons. The molecule has 1 atom stereocenters. The Hall–Kier alpha value is -2.57. The number of nitrogens with zero attached hydrogens (tertiary/aromatic N) is 4. The molecule has 0 saturated carbocycles. The third kappa shape index (κ3) is 3.28. The Morgan fingerprint density at radius 3 is 2.57 bits per heavy atom. The van der Waals surface area contributed by atoms with E-state index in [4.69, 9.17) is 10.5 Å². The number of carbonyl (C=O) groups excluding carboxylic acids is 1. The Labute approximate surface area is 135 Å². The van der Waals surface area contributed by atoms with Gasteiger partial charge in [0.1, 0.15) is 12.1 Å². The highest BCUT2D eigenvalue weighted by Gasteiger charge is 2.31. The lowest BCUT2D eigenvalue weighted by atomic mass is 10.1. The molecule has 0 radical (unpaired) electrons. The van der Waals surface area contributed by atoms with Crippen LogP contribution in [0.25, 0.3) is 0 Å². The summed E-state index contributed by atoms with van der Waals surface area (Å²) in [6, 6.07) is 9.05. The molecule has 2 aliphatic heterocycles. The molecule has 6 heteroatoms. The van der Waals surface area contributed by atoms with E-state index in [2.05, 4.69) is 10.2 Å². The van der Waals surface area contributed by atoms with Gasteiger partial charge < -0.3 is 10.2 Å². The highest BCUT2D eigenvalue weighted by atomic mass is 16.2. The van der Waals surface area contributed by atoms with Crippen molar-refractivity contribution in [2.45, 2.75) is 25.3 Å². The average molecular weight is 309 g/mol. The van der Waals surface area contributed by atoms with Crippen molar-refractivity contribution in [3.63, 3.8) is 0 Å². The number of anilines is 1. The number of benzene rings is 1. The number of hydrogen-bond donors (Lipinski definition) is 1. The lowest BCUT2D eigenvalue weighted by Crippen LogP contribution is -2.38. The van der Waals surface area contributed by atoms with Gasteiger partial charge in [-0.25, -0.2) is 4.79 Å². The standard InChI is InChI=1S/C17H19N5O/c18-10-13-3-4-15(9-14(13)11-19)20-17(23)22-8-5-16(12-22)21-6-1-2-7-21/h3-4,9,16H,1-2,5-8,12H2,(H,20,23). The van der Waals surface area contributed by atoms with E-state index in [1.165, 1.54) is 12.8 Å². The molecule has 6 nitrogen and oxygen atoms in total. The average Bonchev–Trinajstić information content (AvgIpc) is 3.25. The summed E-state index contributed by atoms with van der Waals surface area (Å²) in [5, 5.41) is 20.8. The Morgan fingerprint density at radius 1 is 1.13 bits per heavy atom. The van der Waals surface area contributed by atoms with Crippen LogP contribution >= 0.6 is 0 Å². The number of nitrogens with one attached hydrogen (secondary N) is 1. The summed E-state index contributed by atoms with van der Waals surface area (Å²) in [6.07, 6.45) is 3.53. The minimum atomic E-state index is -0.139. The van der Waals surface area contributed by atoms with Crippen molar-refractivity contribution < 1.29 is 4.79 Å². The van der Waals surface area contributed by atoms with Gasteiger partial charge in [0.25, 0.3) is 0 Å². The first-order chi connectivity index (χ1) is 11.2. The van der Waals surface area contributed by atoms with E-state index in [1.807, 2.05) is 17.0 Å². The van der Waals surface area contributed by atoms with Crippen LogP contribution in [0.4, 0.5) is 10.5 Å². The summed E-state index contributed by atoms with van der Waals surface area (Å²) >= 11 is 0. The van der Waals surface area contributed by atoms with Gasteiger partial charge in [0, 0.05) is 24.8 Å². The quantitative estimate of drug-likeness (QED) is 0.907. The number of rotatable bonds is 2. The molecule has 0 aliphatic carbocycles. The molecule has 1 unspecified atom stereocenters. The van der Waals surface area contributed by atoms with E-state index in [1.54, 1.807) is 18.2 Å². The SMILES string of the molecule is N#Cc1ccc(NC(=O)N2CCC(N3CCCC3)C2)cc1C#N. The minimum Gasteiger partial charge on any atom is -0.323 e. The zero-order valence-electron chi connectivity index (χ0n) is 13.0. The van der Waals surface area contributed by atoms with Crippen molar-refractivity contribution in [1.82, 2.24) is 9.80 Å². The highest BCUT2D eigenvalue weighted by molar-refractivity contribution is 5.89. The first kappa shape index (κ1) is 15.3. The van der Waals surface area contributed by atoms with Gasteiger partial charge in [0.15, 0.2) is 0 Å². The van der Waals surface area contributed by atoms with Crippen molar-refractivity contribution in [3.05, 3.63) is 29.3 Å². The molecule has 1 aromatic rings. The van der Waals surface area contributed by atoms with Crippen molar-refractivity contribution in [2.24, 2.45) is 0 Å². The van der Waals surface area contributed by atoms with Gasteiger partial charge in [-0.1, -0.05) is 0 Å². The van der Waals surface area contributed by atoms with Crippen LogP contribution in [0, 0.1) is 22.7 Å². The van der Waals surface area contributed by atoms with Crippen LogP contribution in [0.1, 0.15) is 30.4 Å². The van der Waals surface area contributed by atoms with Crippen molar-refractivity contribution in [3.8, 4) is 12.1 Å². The molecule has 1 N–H and O–H groups in total. The van der Waals surface area contributed by atoms with Gasteiger partial charge in [-0.05, 0) is 50.6 Å². The van der Waals surface area contributed by atoms with Crippen molar-refractivity contribution in [1.29, 1.82) is 10.5 Å². The fourth-order valence-corrected chi connectivity index (χ4v) is 3.35. The second-order valence-electron chi connectivity index (χ2n) is 6.05. The van der Waals surface area contributed by atoms with Crippen molar-refractivity contribution in [2.75, 3.05) is 31.5 Å². The zero-order chi connectivity index (χ0) is 16.2. The van der Waals surface area contributed by atoms with Crippen LogP contribution in [0.3, 0.4) is 0 Å². The maximum absolute atomic E-state index is 12.4. The van der Waals surface area contributed by atoms with Crippen LogP contribution in [0.5, 0.6) is 0 Å². The van der Waals surface area contributed by atoms with E-state index in [0.717, 1.165) is 32.6 Å². The largest absolute Gasteiger partial charge is 0.323 e. The van der Waals surface area contributed by atoms with Crippen LogP contribution in [0.2, 0.25) is 0 Å². The van der Waals surface area contributed by atoms with Gasteiger partial charge in [-0.15, -0.1) is 0 Å². The summed E-state index contributed by atoms with van der Waals surface area (Å²) in [5.41, 5.74) is 1.15. The first-order valence-electron chi connectivity index (χ1n) is 7.95. The molecule has 0 bridgehead atoms. The molecular formula is C17H19N5O. The van der Waals surface area contributed by atoms with E-state index in [-0.39, 0.29) is 11.6 Å². The van der Waals surface area contributed by atoms with E-state index in [0.29, 0.717) is 17.3 Å². The lowest BCUT2D eigenvalue weighted by Gasteiger charge is -2.23. The number of likely N-dealkylation sites (tertiary alicyclic amines) is 2. The second kappa shape index (κ2) is 6.68. The first-order valence-corrected chi connectivity index (χ1v) is 7.95. The number of nitriles is 2. The molecule has 0 aromatic heterocycles. The van der Waals surface area contributed by atoms with E-state index in [9.17, 15) is 4.79 Å². The summed E-state index contributed by atoms with van der Waals surface area (Å²) < 4.78 is 0. The normalized spacial score (nSPS) is 21.0.